The maximum Gasteiger partial charge on any atom is 0.346 e. The summed E-state index contributed by atoms with van der Waals surface area (Å²) < 4.78 is 14.7. The predicted molar refractivity (Wildman–Crippen MR) is 66.4 cm³/mol. The number of nitrogens with two attached hydrogens (primary N) is 1. The predicted octanol–water partition coefficient (Wildman–Crippen LogP) is 1.32. The van der Waals surface area contributed by atoms with Crippen molar-refractivity contribution < 1.29 is 23.6 Å². The molecule has 0 aliphatic heterocycles. The summed E-state index contributed by atoms with van der Waals surface area (Å²) in [7, 11) is 0. The first-order chi connectivity index (χ1) is 8.74. The maximum atomic E-state index is 11.9. The number of hydrogen-bond donors (Lipinski definition) is 1. The Labute approximate surface area is 111 Å². The number of nitrogens with zero attached hydrogens (tertiary/aromatic N) is 1. The van der Waals surface area contributed by atoms with Gasteiger partial charge in [0.1, 0.15) is 16.9 Å². The molecule has 1 aromatic heterocycles. The number of carbonyl (C=O) groups excluding carboxylic acids is 2. The van der Waals surface area contributed by atoms with Gasteiger partial charge in [-0.3, -0.25) is 4.79 Å². The number of ether oxygens (including phenoxy) is 2. The number of hydrogen-bond acceptors (Lipinski definition) is 7. The molecular weight excluding hydrogens is 252 g/mol. The smallest absolute Gasteiger partial charge is 0.346 e. The summed E-state index contributed by atoms with van der Waals surface area (Å²) in [6.07, 6.45) is -0.191. The molecule has 0 bridgehead atoms. The molecule has 106 valence electrons. The van der Waals surface area contributed by atoms with Crippen molar-refractivity contribution in [1.29, 1.82) is 0 Å². The van der Waals surface area contributed by atoms with Crippen LogP contribution < -0.4 is 5.73 Å². The lowest BCUT2D eigenvalue weighted by Crippen LogP contribution is -2.25. The second kappa shape index (κ2) is 5.73. The van der Waals surface area contributed by atoms with E-state index in [1.807, 2.05) is 0 Å². The van der Waals surface area contributed by atoms with Gasteiger partial charge in [0.25, 0.3) is 0 Å². The van der Waals surface area contributed by atoms with Crippen LogP contribution in [0.15, 0.2) is 4.52 Å². The summed E-state index contributed by atoms with van der Waals surface area (Å²) in [4.78, 5) is 23.3. The summed E-state index contributed by atoms with van der Waals surface area (Å²) in [6.45, 7) is 7.09. The fourth-order valence-corrected chi connectivity index (χ4v) is 1.35. The number of aromatic nitrogens is 1. The summed E-state index contributed by atoms with van der Waals surface area (Å²) >= 11 is 0. The Kier molecular flexibility index (Phi) is 4.52. The molecule has 0 unspecified atom stereocenters. The van der Waals surface area contributed by atoms with Gasteiger partial charge in [-0.25, -0.2) is 4.79 Å². The number of rotatable bonds is 4. The molecule has 0 amide bonds. The second-order valence-corrected chi connectivity index (χ2v) is 4.85. The molecule has 0 saturated heterocycles. The van der Waals surface area contributed by atoms with E-state index in [1.165, 1.54) is 0 Å². The minimum atomic E-state index is -0.679. The van der Waals surface area contributed by atoms with Crippen molar-refractivity contribution in [3.05, 3.63) is 11.3 Å². The fraction of sp³-hybridized carbons (Fsp3) is 0.583. The van der Waals surface area contributed by atoms with Gasteiger partial charge in [0, 0.05) is 0 Å². The van der Waals surface area contributed by atoms with E-state index in [4.69, 9.17) is 19.7 Å². The van der Waals surface area contributed by atoms with E-state index in [-0.39, 0.29) is 30.2 Å². The minimum Gasteiger partial charge on any atom is -0.466 e. The van der Waals surface area contributed by atoms with E-state index in [9.17, 15) is 9.59 Å². The Balaban J connectivity index is 2.91. The third-order valence-electron chi connectivity index (χ3n) is 2.01. The molecule has 0 aromatic carbocycles. The normalized spacial score (nSPS) is 11.2. The first kappa shape index (κ1) is 15.0. The van der Waals surface area contributed by atoms with E-state index in [0.29, 0.717) is 0 Å². The standard InChI is InChI=1S/C12H18N2O5/c1-5-17-8(15)6-7-9(10(13)19-14-7)11(16)18-12(2,3)4/h5-6,13H2,1-4H3. The average molecular weight is 270 g/mol. The van der Waals surface area contributed by atoms with Crippen LogP contribution in [0.4, 0.5) is 5.88 Å². The Hall–Kier alpha value is -2.05. The summed E-state index contributed by atoms with van der Waals surface area (Å²) in [5.41, 5.74) is 4.94. The lowest BCUT2D eigenvalue weighted by molar-refractivity contribution is -0.142. The summed E-state index contributed by atoms with van der Waals surface area (Å²) in [5.74, 6) is -1.36. The molecule has 0 saturated carbocycles. The van der Waals surface area contributed by atoms with Crippen LogP contribution in [0.3, 0.4) is 0 Å². The van der Waals surface area contributed by atoms with Gasteiger partial charge in [0.05, 0.1) is 13.0 Å². The molecule has 0 atom stereocenters. The Bertz CT molecular complexity index is 473. The Morgan fingerprint density at radius 1 is 1.37 bits per heavy atom. The molecule has 0 aliphatic rings. The minimum absolute atomic E-state index is 0.0250. The van der Waals surface area contributed by atoms with Gasteiger partial charge in [0.15, 0.2) is 0 Å². The number of carbonyl (C=O) groups is 2. The zero-order valence-corrected chi connectivity index (χ0v) is 11.5. The van der Waals surface area contributed by atoms with Crippen molar-refractivity contribution in [2.75, 3.05) is 12.3 Å². The molecule has 0 aliphatic carbocycles. The van der Waals surface area contributed by atoms with Crippen molar-refractivity contribution in [1.82, 2.24) is 5.16 Å². The van der Waals surface area contributed by atoms with Crippen molar-refractivity contribution in [2.45, 2.75) is 39.7 Å². The largest absolute Gasteiger partial charge is 0.466 e. The fourth-order valence-electron chi connectivity index (χ4n) is 1.35. The second-order valence-electron chi connectivity index (χ2n) is 4.85. The van der Waals surface area contributed by atoms with E-state index >= 15 is 0 Å². The molecule has 0 fully saturated rings. The van der Waals surface area contributed by atoms with Crippen LogP contribution in [-0.2, 0) is 20.7 Å². The molecule has 1 aromatic rings. The first-order valence-electron chi connectivity index (χ1n) is 5.87. The number of anilines is 1. The third kappa shape index (κ3) is 4.27. The van der Waals surface area contributed by atoms with Gasteiger partial charge >= 0.3 is 11.9 Å². The molecular formula is C12H18N2O5. The third-order valence-corrected chi connectivity index (χ3v) is 2.01. The topological polar surface area (TPSA) is 105 Å². The van der Waals surface area contributed by atoms with Gasteiger partial charge in [-0.15, -0.1) is 0 Å². The molecule has 2 N–H and O–H groups in total. The van der Waals surface area contributed by atoms with E-state index in [2.05, 4.69) is 5.16 Å². The highest BCUT2D eigenvalue weighted by molar-refractivity contribution is 5.96. The molecule has 19 heavy (non-hydrogen) atoms. The monoisotopic (exact) mass is 270 g/mol. The Morgan fingerprint density at radius 3 is 2.53 bits per heavy atom. The van der Waals surface area contributed by atoms with E-state index in [1.54, 1.807) is 27.7 Å². The average Bonchev–Trinajstić information content (AvgIpc) is 2.57. The summed E-state index contributed by atoms with van der Waals surface area (Å²) in [5, 5.41) is 3.59. The highest BCUT2D eigenvalue weighted by Crippen LogP contribution is 2.21. The van der Waals surface area contributed by atoms with E-state index < -0.39 is 17.5 Å². The van der Waals surface area contributed by atoms with Crippen LogP contribution in [0.5, 0.6) is 0 Å². The lowest BCUT2D eigenvalue weighted by Gasteiger charge is -2.19. The van der Waals surface area contributed by atoms with Crippen molar-refractivity contribution in [2.24, 2.45) is 0 Å². The van der Waals surface area contributed by atoms with Crippen LogP contribution >= 0.6 is 0 Å². The maximum absolute atomic E-state index is 11.9. The van der Waals surface area contributed by atoms with Crippen LogP contribution in [0, 0.1) is 0 Å². The SMILES string of the molecule is CCOC(=O)Cc1noc(N)c1C(=O)OC(C)(C)C. The van der Waals surface area contributed by atoms with E-state index in [0.717, 1.165) is 0 Å². The number of esters is 2. The van der Waals surface area contributed by atoms with Crippen molar-refractivity contribution >= 4 is 17.8 Å². The molecule has 7 nitrogen and oxygen atoms in total. The van der Waals surface area contributed by atoms with Crippen LogP contribution in [0.2, 0.25) is 0 Å². The van der Waals surface area contributed by atoms with Gasteiger partial charge in [-0.05, 0) is 27.7 Å². The highest BCUT2D eigenvalue weighted by atomic mass is 16.6. The lowest BCUT2D eigenvalue weighted by atomic mass is 10.1. The molecule has 0 radical (unpaired) electrons. The molecule has 1 rings (SSSR count). The van der Waals surface area contributed by atoms with Crippen LogP contribution in [-0.4, -0.2) is 29.3 Å². The van der Waals surface area contributed by atoms with Gasteiger partial charge in [0.2, 0.25) is 5.88 Å². The van der Waals surface area contributed by atoms with Crippen LogP contribution in [0.1, 0.15) is 43.7 Å². The quantitative estimate of drug-likeness (QED) is 0.822. The highest BCUT2D eigenvalue weighted by Gasteiger charge is 2.27. The Morgan fingerprint density at radius 2 is 2.00 bits per heavy atom. The number of nitrogen functional groups attached to an aromatic ring is 1. The zero-order chi connectivity index (χ0) is 14.6. The van der Waals surface area contributed by atoms with Crippen LogP contribution in [0.25, 0.3) is 0 Å². The van der Waals surface area contributed by atoms with Gasteiger partial charge < -0.3 is 19.7 Å². The van der Waals surface area contributed by atoms with Crippen molar-refractivity contribution in [3.63, 3.8) is 0 Å². The molecule has 7 heteroatoms. The van der Waals surface area contributed by atoms with Gasteiger partial charge in [-0.2, -0.15) is 0 Å². The van der Waals surface area contributed by atoms with Gasteiger partial charge in [-0.1, -0.05) is 5.16 Å². The van der Waals surface area contributed by atoms with Crippen molar-refractivity contribution in [3.8, 4) is 0 Å². The molecule has 0 spiro atoms. The zero-order valence-electron chi connectivity index (χ0n) is 11.5. The summed E-state index contributed by atoms with van der Waals surface area (Å²) in [6, 6.07) is 0. The first-order valence-corrected chi connectivity index (χ1v) is 5.87. The molecule has 1 heterocycles.